The van der Waals surface area contributed by atoms with E-state index in [0.29, 0.717) is 11.7 Å². The van der Waals surface area contributed by atoms with Crippen molar-refractivity contribution in [2.45, 2.75) is 6.10 Å². The average Bonchev–Trinajstić information content (AvgIpc) is 3.21. The summed E-state index contributed by atoms with van der Waals surface area (Å²) < 4.78 is 17.8. The van der Waals surface area contributed by atoms with Crippen LogP contribution in [0, 0.1) is 0 Å². The van der Waals surface area contributed by atoms with Gasteiger partial charge in [0.05, 0.1) is 0 Å². The van der Waals surface area contributed by atoms with E-state index in [1.165, 1.54) is 0 Å². The minimum absolute atomic E-state index is 0.422. The summed E-state index contributed by atoms with van der Waals surface area (Å²) in [6.07, 6.45) is -0.422. The normalized spacial score (nSPS) is 11.9. The molecular weight excluding hydrogens is 420 g/mol. The Kier molecular flexibility index (Phi) is 5.50. The third-order valence-electron chi connectivity index (χ3n) is 4.18. The van der Waals surface area contributed by atoms with Crippen molar-refractivity contribution < 1.29 is 14.0 Å². The summed E-state index contributed by atoms with van der Waals surface area (Å²) in [5, 5.41) is 4.11. The molecule has 1 unspecified atom stereocenters. The molecule has 4 aromatic rings. The molecule has 4 rings (SSSR count). The maximum absolute atomic E-state index is 5.81. The predicted molar refractivity (Wildman–Crippen MR) is 109 cm³/mol. The lowest BCUT2D eigenvalue weighted by Gasteiger charge is -2.13. The molecule has 28 heavy (non-hydrogen) atoms. The van der Waals surface area contributed by atoms with E-state index in [1.807, 2.05) is 78.9 Å². The van der Waals surface area contributed by atoms with Gasteiger partial charge in [0.15, 0.2) is 0 Å². The van der Waals surface area contributed by atoms with Crippen molar-refractivity contribution in [1.29, 1.82) is 0 Å². The zero-order valence-electron chi connectivity index (χ0n) is 15.1. The fraction of sp³-hybridized carbons (Fsp3) is 0.0909. The Morgan fingerprint density at radius 3 is 2.25 bits per heavy atom. The Morgan fingerprint density at radius 1 is 0.857 bits per heavy atom. The minimum atomic E-state index is -0.422. The lowest BCUT2D eigenvalue weighted by Crippen LogP contribution is -2.06. The van der Waals surface area contributed by atoms with Crippen LogP contribution in [0.3, 0.4) is 0 Å². The number of hydrogen-bond donors (Lipinski definition) is 0. The van der Waals surface area contributed by atoms with Crippen LogP contribution in [0.4, 0.5) is 0 Å². The number of methoxy groups -OCH3 is 1. The lowest BCUT2D eigenvalue weighted by atomic mass is 10.1. The Bertz CT molecular complexity index is 1050. The molecule has 0 aliphatic rings. The van der Waals surface area contributed by atoms with Crippen LogP contribution in [0.5, 0.6) is 11.5 Å². The molecule has 0 bridgehead atoms. The largest absolute Gasteiger partial charge is 0.457 e. The summed E-state index contributed by atoms with van der Waals surface area (Å²) in [7, 11) is 1.62. The number of rotatable bonds is 6. The second-order valence-corrected chi connectivity index (χ2v) is 6.89. The van der Waals surface area contributed by atoms with Crippen molar-refractivity contribution in [2.24, 2.45) is 0 Å². The molecule has 0 aliphatic heterocycles. The summed E-state index contributed by atoms with van der Waals surface area (Å²) in [4.78, 5) is 4.52. The molecule has 0 saturated heterocycles. The second kappa shape index (κ2) is 8.37. The van der Waals surface area contributed by atoms with Crippen molar-refractivity contribution in [2.75, 3.05) is 7.11 Å². The number of ether oxygens (including phenoxy) is 2. The molecule has 1 atom stereocenters. The van der Waals surface area contributed by atoms with E-state index in [9.17, 15) is 0 Å². The van der Waals surface area contributed by atoms with Crippen LogP contribution in [0.2, 0.25) is 0 Å². The summed E-state index contributed by atoms with van der Waals surface area (Å²) in [5.74, 6) is 2.41. The van der Waals surface area contributed by atoms with Crippen LogP contribution >= 0.6 is 15.9 Å². The van der Waals surface area contributed by atoms with E-state index >= 15 is 0 Å². The maximum atomic E-state index is 5.81. The van der Waals surface area contributed by atoms with Crippen molar-refractivity contribution in [3.8, 4) is 23.0 Å². The van der Waals surface area contributed by atoms with E-state index in [1.54, 1.807) is 7.11 Å². The monoisotopic (exact) mass is 436 g/mol. The van der Waals surface area contributed by atoms with E-state index in [4.69, 9.17) is 14.0 Å². The number of hydrogen-bond acceptors (Lipinski definition) is 5. The van der Waals surface area contributed by atoms with Crippen LogP contribution in [0.15, 0.2) is 87.9 Å². The SMILES string of the molecule is COC(c1noc(-c2ccc(Oc3ccccc3)cc2)n1)c1ccccc1Br. The first-order chi connectivity index (χ1) is 13.7. The molecule has 0 amide bonds. The minimum Gasteiger partial charge on any atom is -0.457 e. The van der Waals surface area contributed by atoms with Gasteiger partial charge in [0.25, 0.3) is 5.89 Å². The van der Waals surface area contributed by atoms with Crippen LogP contribution in [0.25, 0.3) is 11.5 Å². The fourth-order valence-electron chi connectivity index (χ4n) is 2.81. The molecule has 140 valence electrons. The van der Waals surface area contributed by atoms with Crippen LogP contribution in [0.1, 0.15) is 17.5 Å². The maximum Gasteiger partial charge on any atom is 0.258 e. The number of halogens is 1. The Morgan fingerprint density at radius 2 is 1.54 bits per heavy atom. The van der Waals surface area contributed by atoms with Gasteiger partial charge < -0.3 is 14.0 Å². The highest BCUT2D eigenvalue weighted by Crippen LogP contribution is 2.31. The first-order valence-electron chi connectivity index (χ1n) is 8.69. The highest BCUT2D eigenvalue weighted by atomic mass is 79.9. The fourth-order valence-corrected chi connectivity index (χ4v) is 3.30. The second-order valence-electron chi connectivity index (χ2n) is 6.03. The van der Waals surface area contributed by atoms with Gasteiger partial charge in [-0.3, -0.25) is 0 Å². The highest BCUT2D eigenvalue weighted by Gasteiger charge is 2.22. The quantitative estimate of drug-likeness (QED) is 0.369. The summed E-state index contributed by atoms with van der Waals surface area (Å²) >= 11 is 3.54. The highest BCUT2D eigenvalue weighted by molar-refractivity contribution is 9.10. The lowest BCUT2D eigenvalue weighted by molar-refractivity contribution is 0.126. The van der Waals surface area contributed by atoms with Gasteiger partial charge in [0, 0.05) is 22.7 Å². The number of para-hydroxylation sites is 1. The summed E-state index contributed by atoms with van der Waals surface area (Å²) in [5.41, 5.74) is 1.74. The number of aromatic nitrogens is 2. The molecule has 0 radical (unpaired) electrons. The van der Waals surface area contributed by atoms with Gasteiger partial charge in [-0.25, -0.2) is 0 Å². The Hall–Kier alpha value is -2.96. The molecule has 6 heteroatoms. The summed E-state index contributed by atoms with van der Waals surface area (Å²) in [6.45, 7) is 0. The van der Waals surface area contributed by atoms with E-state index in [2.05, 4.69) is 26.1 Å². The topological polar surface area (TPSA) is 57.4 Å². The van der Waals surface area contributed by atoms with Crippen molar-refractivity contribution in [3.05, 3.63) is 94.7 Å². The number of benzene rings is 3. The van der Waals surface area contributed by atoms with Crippen molar-refractivity contribution in [1.82, 2.24) is 10.1 Å². The summed E-state index contributed by atoms with van der Waals surface area (Å²) in [6, 6.07) is 24.9. The van der Waals surface area contributed by atoms with Gasteiger partial charge in [-0.1, -0.05) is 57.5 Å². The standard InChI is InChI=1S/C22H17BrN2O3/c1-26-20(18-9-5-6-10-19(18)23)21-24-22(28-25-21)15-11-13-17(14-12-15)27-16-7-3-2-4-8-16/h2-14,20H,1H3. The van der Waals surface area contributed by atoms with Gasteiger partial charge in [-0.05, 0) is 42.5 Å². The first-order valence-corrected chi connectivity index (χ1v) is 9.48. The average molecular weight is 437 g/mol. The van der Waals surface area contributed by atoms with E-state index < -0.39 is 6.10 Å². The predicted octanol–water partition coefficient (Wildman–Crippen LogP) is 6.03. The molecule has 0 saturated carbocycles. The third kappa shape index (κ3) is 3.98. The zero-order chi connectivity index (χ0) is 19.3. The van der Waals surface area contributed by atoms with Gasteiger partial charge in [0.1, 0.15) is 17.6 Å². The molecule has 1 heterocycles. The number of nitrogens with zero attached hydrogens (tertiary/aromatic N) is 2. The van der Waals surface area contributed by atoms with Crippen LogP contribution in [-0.4, -0.2) is 17.3 Å². The van der Waals surface area contributed by atoms with Gasteiger partial charge >= 0.3 is 0 Å². The first kappa shape index (κ1) is 18.4. The molecule has 0 spiro atoms. The zero-order valence-corrected chi connectivity index (χ0v) is 16.7. The molecular formula is C22H17BrN2O3. The van der Waals surface area contributed by atoms with Crippen LogP contribution in [-0.2, 0) is 4.74 Å². The van der Waals surface area contributed by atoms with Gasteiger partial charge in [-0.15, -0.1) is 0 Å². The Labute approximate surface area is 171 Å². The van der Waals surface area contributed by atoms with Crippen molar-refractivity contribution in [3.63, 3.8) is 0 Å². The van der Waals surface area contributed by atoms with Gasteiger partial charge in [0.2, 0.25) is 5.82 Å². The molecule has 0 fully saturated rings. The molecule has 1 aromatic heterocycles. The molecule has 0 N–H and O–H groups in total. The molecule has 5 nitrogen and oxygen atoms in total. The Balaban J connectivity index is 1.54. The van der Waals surface area contributed by atoms with Gasteiger partial charge in [-0.2, -0.15) is 4.98 Å². The van der Waals surface area contributed by atoms with Crippen molar-refractivity contribution >= 4 is 15.9 Å². The van der Waals surface area contributed by atoms with E-state index in [0.717, 1.165) is 27.1 Å². The third-order valence-corrected chi connectivity index (χ3v) is 4.90. The molecule has 0 aliphatic carbocycles. The smallest absolute Gasteiger partial charge is 0.258 e. The van der Waals surface area contributed by atoms with E-state index in [-0.39, 0.29) is 0 Å². The van der Waals surface area contributed by atoms with Crippen LogP contribution < -0.4 is 4.74 Å². The molecule has 3 aromatic carbocycles.